The van der Waals surface area contributed by atoms with E-state index in [1.165, 1.54) is 22.9 Å². The van der Waals surface area contributed by atoms with E-state index in [1.807, 2.05) is 24.4 Å². The number of hydrogen-bond donors (Lipinski definition) is 1. The fourth-order valence-electron chi connectivity index (χ4n) is 4.88. The molecule has 0 saturated carbocycles. The number of aromatic carboxylic acids is 1. The third-order valence-corrected chi connectivity index (χ3v) is 7.76. The van der Waals surface area contributed by atoms with Crippen molar-refractivity contribution in [1.82, 2.24) is 14.5 Å². The molecule has 6 nitrogen and oxygen atoms in total. The highest BCUT2D eigenvalue weighted by Gasteiger charge is 2.25. The van der Waals surface area contributed by atoms with Crippen LogP contribution in [0.5, 0.6) is 5.75 Å². The molecule has 1 aromatic carbocycles. The summed E-state index contributed by atoms with van der Waals surface area (Å²) in [7, 11) is 1.49. The summed E-state index contributed by atoms with van der Waals surface area (Å²) in [4.78, 5) is 19.8. The second-order valence-electron chi connectivity index (χ2n) is 8.68. The Balaban J connectivity index is 1.30. The zero-order chi connectivity index (χ0) is 23.7. The zero-order valence-electron chi connectivity index (χ0n) is 18.9. The van der Waals surface area contributed by atoms with Gasteiger partial charge in [-0.2, -0.15) is 0 Å². The van der Waals surface area contributed by atoms with Gasteiger partial charge in [0.1, 0.15) is 17.0 Å². The van der Waals surface area contributed by atoms with Crippen LogP contribution >= 0.6 is 22.9 Å². The van der Waals surface area contributed by atoms with Gasteiger partial charge in [-0.3, -0.25) is 4.90 Å². The fourth-order valence-corrected chi connectivity index (χ4v) is 5.97. The van der Waals surface area contributed by atoms with E-state index in [2.05, 4.69) is 32.8 Å². The Morgan fingerprint density at radius 3 is 2.74 bits per heavy atom. The number of aromatic nitrogens is 2. The summed E-state index contributed by atoms with van der Waals surface area (Å²) in [5.41, 5.74) is 3.58. The number of piperidine rings is 1. The topological polar surface area (TPSA) is 67.6 Å². The Kier molecular flexibility index (Phi) is 6.59. The van der Waals surface area contributed by atoms with E-state index in [-0.39, 0.29) is 5.56 Å². The van der Waals surface area contributed by atoms with Crippen LogP contribution in [-0.2, 0) is 13.1 Å². The molecule has 1 aliphatic heterocycles. The SMILES string of the molecule is COc1ccc(CN2CCC(c3cn(Cc4ccc(Cl)s4)c4ncccc34)CC2)cc1C(=O)O. The van der Waals surface area contributed by atoms with E-state index in [4.69, 9.17) is 16.3 Å². The molecule has 0 aliphatic carbocycles. The number of carboxylic acids is 1. The molecule has 1 saturated heterocycles. The standard InChI is InChI=1S/C26H26ClN3O3S/c1-33-23-6-4-17(13-21(23)26(31)32)14-29-11-8-18(9-12-29)22-16-30(15-19-5-7-24(27)34-19)25-20(22)3-2-10-28-25/h2-7,10,13,16,18H,8-9,11-12,14-15H2,1H3,(H,31,32). The van der Waals surface area contributed by atoms with Crippen molar-refractivity contribution in [3.63, 3.8) is 0 Å². The number of hydrogen-bond acceptors (Lipinski definition) is 5. The maximum Gasteiger partial charge on any atom is 0.339 e. The summed E-state index contributed by atoms with van der Waals surface area (Å²) in [6.07, 6.45) is 6.24. The smallest absolute Gasteiger partial charge is 0.339 e. The number of carboxylic acid groups (broad SMARTS) is 1. The van der Waals surface area contributed by atoms with E-state index in [9.17, 15) is 9.90 Å². The Labute approximate surface area is 207 Å². The molecule has 176 valence electrons. The van der Waals surface area contributed by atoms with Crippen molar-refractivity contribution in [2.45, 2.75) is 31.8 Å². The number of carbonyl (C=O) groups is 1. The van der Waals surface area contributed by atoms with Gasteiger partial charge in [-0.25, -0.2) is 9.78 Å². The van der Waals surface area contributed by atoms with Gasteiger partial charge in [-0.05, 0) is 79.4 Å². The highest BCUT2D eigenvalue weighted by atomic mass is 35.5. The van der Waals surface area contributed by atoms with Crippen LogP contribution in [0.15, 0.2) is 54.9 Å². The highest BCUT2D eigenvalue weighted by molar-refractivity contribution is 7.16. The van der Waals surface area contributed by atoms with E-state index in [0.717, 1.165) is 54.6 Å². The average molecular weight is 496 g/mol. The van der Waals surface area contributed by atoms with Crippen LogP contribution in [0.2, 0.25) is 4.34 Å². The molecule has 8 heteroatoms. The van der Waals surface area contributed by atoms with Crippen molar-refractivity contribution in [2.24, 2.45) is 0 Å². The second kappa shape index (κ2) is 9.78. The van der Waals surface area contributed by atoms with Crippen molar-refractivity contribution < 1.29 is 14.6 Å². The molecule has 0 spiro atoms. The van der Waals surface area contributed by atoms with Crippen molar-refractivity contribution in [2.75, 3.05) is 20.2 Å². The molecule has 1 N–H and O–H groups in total. The van der Waals surface area contributed by atoms with E-state index in [0.29, 0.717) is 11.7 Å². The number of thiophene rings is 1. The van der Waals surface area contributed by atoms with Crippen LogP contribution in [0.3, 0.4) is 0 Å². The van der Waals surface area contributed by atoms with Crippen LogP contribution < -0.4 is 4.74 Å². The molecule has 1 aliphatic rings. The van der Waals surface area contributed by atoms with Gasteiger partial charge < -0.3 is 14.4 Å². The molecule has 0 atom stereocenters. The quantitative estimate of drug-likeness (QED) is 0.346. The number of likely N-dealkylation sites (tertiary alicyclic amines) is 1. The van der Waals surface area contributed by atoms with E-state index in [1.54, 1.807) is 23.5 Å². The van der Waals surface area contributed by atoms with Crippen molar-refractivity contribution in [3.8, 4) is 5.75 Å². The van der Waals surface area contributed by atoms with Crippen LogP contribution in [0.1, 0.15) is 45.1 Å². The Bertz CT molecular complexity index is 1320. The lowest BCUT2D eigenvalue weighted by Gasteiger charge is -2.32. The van der Waals surface area contributed by atoms with Crippen molar-refractivity contribution in [1.29, 1.82) is 0 Å². The molecular weight excluding hydrogens is 470 g/mol. The molecule has 5 rings (SSSR count). The maximum absolute atomic E-state index is 11.5. The number of benzene rings is 1. The number of fused-ring (bicyclic) bond motifs is 1. The van der Waals surface area contributed by atoms with Gasteiger partial charge in [0.15, 0.2) is 0 Å². The highest BCUT2D eigenvalue weighted by Crippen LogP contribution is 2.35. The summed E-state index contributed by atoms with van der Waals surface area (Å²) in [5, 5.41) is 10.7. The van der Waals surface area contributed by atoms with E-state index < -0.39 is 5.97 Å². The van der Waals surface area contributed by atoms with Gasteiger partial charge in [-0.15, -0.1) is 11.3 Å². The number of pyridine rings is 1. The van der Waals surface area contributed by atoms with Gasteiger partial charge in [0.2, 0.25) is 0 Å². The first-order valence-electron chi connectivity index (χ1n) is 11.3. The number of halogens is 1. The first-order chi connectivity index (χ1) is 16.5. The summed E-state index contributed by atoms with van der Waals surface area (Å²) in [6, 6.07) is 13.6. The van der Waals surface area contributed by atoms with Gasteiger partial charge in [0.25, 0.3) is 0 Å². The van der Waals surface area contributed by atoms with Crippen LogP contribution in [0, 0.1) is 0 Å². The Morgan fingerprint density at radius 1 is 1.21 bits per heavy atom. The van der Waals surface area contributed by atoms with Crippen LogP contribution in [-0.4, -0.2) is 45.7 Å². The lowest BCUT2D eigenvalue weighted by Crippen LogP contribution is -2.32. The Morgan fingerprint density at radius 2 is 2.03 bits per heavy atom. The van der Waals surface area contributed by atoms with Crippen LogP contribution in [0.25, 0.3) is 11.0 Å². The molecule has 0 bridgehead atoms. The minimum atomic E-state index is -0.966. The van der Waals surface area contributed by atoms with Crippen LogP contribution in [0.4, 0.5) is 0 Å². The lowest BCUT2D eigenvalue weighted by molar-refractivity contribution is 0.0693. The summed E-state index contributed by atoms with van der Waals surface area (Å²) < 4.78 is 8.23. The minimum absolute atomic E-state index is 0.210. The molecule has 4 aromatic rings. The predicted octanol–water partition coefficient (Wildman–Crippen LogP) is 5.89. The molecule has 0 unspecified atom stereocenters. The monoisotopic (exact) mass is 495 g/mol. The van der Waals surface area contributed by atoms with Gasteiger partial charge in [-0.1, -0.05) is 17.7 Å². The normalized spacial score (nSPS) is 15.1. The fraction of sp³-hybridized carbons (Fsp3) is 0.308. The Hall–Kier alpha value is -2.87. The number of methoxy groups -OCH3 is 1. The second-order valence-corrected chi connectivity index (χ2v) is 10.5. The molecule has 1 fully saturated rings. The summed E-state index contributed by atoms with van der Waals surface area (Å²) in [6.45, 7) is 3.44. The third kappa shape index (κ3) is 4.69. The first-order valence-corrected chi connectivity index (χ1v) is 12.5. The van der Waals surface area contributed by atoms with Crippen molar-refractivity contribution in [3.05, 3.63) is 80.8 Å². The van der Waals surface area contributed by atoms with E-state index >= 15 is 0 Å². The first kappa shape index (κ1) is 22.9. The van der Waals surface area contributed by atoms with Gasteiger partial charge in [0.05, 0.1) is 18.0 Å². The average Bonchev–Trinajstić information content (AvgIpc) is 3.43. The summed E-state index contributed by atoms with van der Waals surface area (Å²) >= 11 is 7.74. The number of rotatable bonds is 7. The molecule has 3 aromatic heterocycles. The van der Waals surface area contributed by atoms with Gasteiger partial charge in [0, 0.05) is 29.2 Å². The predicted molar refractivity (Wildman–Crippen MR) is 135 cm³/mol. The third-order valence-electron chi connectivity index (χ3n) is 6.55. The maximum atomic E-state index is 11.5. The molecule has 34 heavy (non-hydrogen) atoms. The van der Waals surface area contributed by atoms with Crippen molar-refractivity contribution >= 4 is 39.9 Å². The number of nitrogens with zero attached hydrogens (tertiary/aromatic N) is 3. The molecular formula is C26H26ClN3O3S. The summed E-state index contributed by atoms with van der Waals surface area (Å²) in [5.74, 6) is -0.0985. The molecule has 4 heterocycles. The minimum Gasteiger partial charge on any atom is -0.496 e. The lowest BCUT2D eigenvalue weighted by atomic mass is 9.89. The number of ether oxygens (including phenoxy) is 1. The van der Waals surface area contributed by atoms with Gasteiger partial charge >= 0.3 is 5.97 Å². The largest absolute Gasteiger partial charge is 0.496 e. The molecule has 0 radical (unpaired) electrons. The molecule has 0 amide bonds. The zero-order valence-corrected chi connectivity index (χ0v) is 20.5.